The van der Waals surface area contributed by atoms with Crippen LogP contribution in [0.3, 0.4) is 0 Å². The van der Waals surface area contributed by atoms with Gasteiger partial charge < -0.3 is 15.4 Å². The van der Waals surface area contributed by atoms with E-state index >= 15 is 0 Å². The second kappa shape index (κ2) is 9.23. The van der Waals surface area contributed by atoms with Gasteiger partial charge in [0.1, 0.15) is 5.83 Å². The van der Waals surface area contributed by atoms with E-state index in [4.69, 9.17) is 5.73 Å². The van der Waals surface area contributed by atoms with E-state index < -0.39 is 18.0 Å². The predicted molar refractivity (Wildman–Crippen MR) is 134 cm³/mol. The van der Waals surface area contributed by atoms with Gasteiger partial charge in [0, 0.05) is 29.9 Å². The molecule has 2 aromatic heterocycles. The topological polar surface area (TPSA) is 103 Å². The fourth-order valence-electron chi connectivity index (χ4n) is 3.56. The lowest BCUT2D eigenvalue weighted by atomic mass is 9.86. The summed E-state index contributed by atoms with van der Waals surface area (Å²) in [7, 11) is 1.57. The summed E-state index contributed by atoms with van der Waals surface area (Å²) in [6, 6.07) is 6.53. The van der Waals surface area contributed by atoms with Crippen molar-refractivity contribution in [1.29, 1.82) is 0 Å². The van der Waals surface area contributed by atoms with Gasteiger partial charge in [-0.05, 0) is 30.0 Å². The normalized spacial score (nSPS) is 12.1. The number of aliphatic hydroxyl groups is 1. The van der Waals surface area contributed by atoms with Gasteiger partial charge >= 0.3 is 0 Å². The third-order valence-electron chi connectivity index (χ3n) is 5.89. The highest BCUT2D eigenvalue weighted by molar-refractivity contribution is 5.73. The average Bonchev–Trinajstić information content (AvgIpc) is 2.75. The van der Waals surface area contributed by atoms with Crippen LogP contribution in [0.15, 0.2) is 58.4 Å². The standard InChI is InChI=1S/C26H29FN4O3/c1-15(26(3,4)5)10-17-12-29-31(25(34)23(17)16(2)27)22-9-7-8-19(20(22)14-32)18-11-21(28)24(33)30(6)13-18/h7-13,32H,2,14,28H2,1,3-6H3/b15-10+. The lowest BCUT2D eigenvalue weighted by molar-refractivity contribution is 0.281. The summed E-state index contributed by atoms with van der Waals surface area (Å²) in [6.07, 6.45) is 4.73. The van der Waals surface area contributed by atoms with Crippen LogP contribution in [-0.2, 0) is 13.7 Å². The van der Waals surface area contributed by atoms with Gasteiger partial charge in [-0.2, -0.15) is 9.78 Å². The van der Waals surface area contributed by atoms with Gasteiger partial charge in [-0.1, -0.05) is 51.1 Å². The highest BCUT2D eigenvalue weighted by atomic mass is 19.1. The molecule has 0 unspecified atom stereocenters. The monoisotopic (exact) mass is 464 g/mol. The number of nitrogens with zero attached hydrogens (tertiary/aromatic N) is 3. The number of aliphatic hydroxyl groups excluding tert-OH is 1. The van der Waals surface area contributed by atoms with Crippen molar-refractivity contribution in [3.8, 4) is 16.8 Å². The lowest BCUT2D eigenvalue weighted by Crippen LogP contribution is -2.26. The number of allylic oxidation sites excluding steroid dienone is 1. The highest BCUT2D eigenvalue weighted by Gasteiger charge is 2.20. The molecule has 0 aliphatic carbocycles. The molecule has 0 amide bonds. The Balaban J connectivity index is 2.28. The summed E-state index contributed by atoms with van der Waals surface area (Å²) >= 11 is 0. The summed E-state index contributed by atoms with van der Waals surface area (Å²) in [6.45, 7) is 10.9. The van der Waals surface area contributed by atoms with Gasteiger partial charge in [0.15, 0.2) is 0 Å². The van der Waals surface area contributed by atoms with E-state index in [0.29, 0.717) is 22.3 Å². The number of aryl methyl sites for hydroxylation is 1. The molecule has 0 fully saturated rings. The fraction of sp³-hybridized carbons (Fsp3) is 0.269. The molecule has 178 valence electrons. The van der Waals surface area contributed by atoms with Crippen LogP contribution in [0.5, 0.6) is 0 Å². The van der Waals surface area contributed by atoms with E-state index in [1.165, 1.54) is 16.8 Å². The molecular formula is C26H29FN4O3. The van der Waals surface area contributed by atoms with Gasteiger partial charge in [-0.3, -0.25) is 9.59 Å². The van der Waals surface area contributed by atoms with E-state index in [1.807, 2.05) is 27.7 Å². The first-order valence-corrected chi connectivity index (χ1v) is 10.7. The predicted octanol–water partition coefficient (Wildman–Crippen LogP) is 4.06. The van der Waals surface area contributed by atoms with Gasteiger partial charge in [-0.25, -0.2) is 4.39 Å². The number of anilines is 1. The van der Waals surface area contributed by atoms with Crippen LogP contribution in [0.25, 0.3) is 28.7 Å². The molecule has 8 heteroatoms. The Hall–Kier alpha value is -3.78. The van der Waals surface area contributed by atoms with E-state index in [2.05, 4.69) is 11.7 Å². The first-order valence-electron chi connectivity index (χ1n) is 10.7. The van der Waals surface area contributed by atoms with Gasteiger partial charge in [0.25, 0.3) is 11.1 Å². The Morgan fingerprint density at radius 1 is 1.26 bits per heavy atom. The third kappa shape index (κ3) is 4.63. The molecule has 0 saturated heterocycles. The number of hydrogen-bond acceptors (Lipinski definition) is 5. The van der Waals surface area contributed by atoms with E-state index in [0.717, 1.165) is 10.3 Å². The second-order valence-corrected chi connectivity index (χ2v) is 9.24. The van der Waals surface area contributed by atoms with Crippen molar-refractivity contribution in [2.75, 3.05) is 5.73 Å². The fourth-order valence-corrected chi connectivity index (χ4v) is 3.56. The number of pyridine rings is 1. The molecule has 0 saturated carbocycles. The first-order chi connectivity index (χ1) is 15.9. The zero-order valence-electron chi connectivity index (χ0n) is 20.0. The highest BCUT2D eigenvalue weighted by Crippen LogP contribution is 2.30. The second-order valence-electron chi connectivity index (χ2n) is 9.24. The first kappa shape index (κ1) is 24.9. The molecule has 0 aliphatic rings. The largest absolute Gasteiger partial charge is 0.394 e. The molecule has 1 aromatic carbocycles. The number of halogens is 1. The molecule has 0 spiro atoms. The average molecular weight is 465 g/mol. The summed E-state index contributed by atoms with van der Waals surface area (Å²) in [5, 5.41) is 14.5. The van der Waals surface area contributed by atoms with Crippen molar-refractivity contribution in [1.82, 2.24) is 14.3 Å². The quantitative estimate of drug-likeness (QED) is 0.593. The molecule has 0 radical (unpaired) electrons. The maximum Gasteiger partial charge on any atom is 0.282 e. The Morgan fingerprint density at radius 3 is 2.50 bits per heavy atom. The summed E-state index contributed by atoms with van der Waals surface area (Å²) in [4.78, 5) is 25.4. The molecule has 0 aliphatic heterocycles. The molecule has 0 bridgehead atoms. The number of rotatable bonds is 5. The molecule has 3 N–H and O–H groups in total. The molecule has 7 nitrogen and oxygen atoms in total. The van der Waals surface area contributed by atoms with Crippen molar-refractivity contribution in [3.63, 3.8) is 0 Å². The molecular weight excluding hydrogens is 435 g/mol. The number of hydrogen-bond donors (Lipinski definition) is 2. The summed E-state index contributed by atoms with van der Waals surface area (Å²) in [5.41, 5.74) is 7.54. The Kier molecular flexibility index (Phi) is 6.74. The zero-order valence-corrected chi connectivity index (χ0v) is 20.0. The molecule has 3 rings (SSSR count). The third-order valence-corrected chi connectivity index (χ3v) is 5.89. The van der Waals surface area contributed by atoms with Gasteiger partial charge in [0.2, 0.25) is 0 Å². The lowest BCUT2D eigenvalue weighted by Gasteiger charge is -2.20. The van der Waals surface area contributed by atoms with Crippen LogP contribution in [0.4, 0.5) is 10.1 Å². The van der Waals surface area contributed by atoms with E-state index in [1.54, 1.807) is 37.5 Å². The number of benzene rings is 1. The number of nitrogens with two attached hydrogens (primary N) is 1. The molecule has 0 atom stereocenters. The zero-order chi connectivity index (χ0) is 25.4. The van der Waals surface area contributed by atoms with Crippen LogP contribution < -0.4 is 16.9 Å². The minimum Gasteiger partial charge on any atom is -0.394 e. The van der Waals surface area contributed by atoms with Crippen LogP contribution in [0.1, 0.15) is 44.4 Å². The minimum atomic E-state index is -0.873. The maximum atomic E-state index is 14.5. The van der Waals surface area contributed by atoms with Crippen LogP contribution in [0.2, 0.25) is 0 Å². The summed E-state index contributed by atoms with van der Waals surface area (Å²) < 4.78 is 16.9. The summed E-state index contributed by atoms with van der Waals surface area (Å²) in [5.74, 6) is -0.873. The van der Waals surface area contributed by atoms with Crippen molar-refractivity contribution in [2.45, 2.75) is 34.3 Å². The van der Waals surface area contributed by atoms with Crippen LogP contribution >= 0.6 is 0 Å². The SMILES string of the molecule is C=C(F)c1c(/C=C(\C)C(C)(C)C)cnn(-c2cccc(-c3cc(N)c(=O)n(C)c3)c2CO)c1=O. The van der Waals surface area contributed by atoms with Crippen LogP contribution in [0, 0.1) is 5.41 Å². The van der Waals surface area contributed by atoms with E-state index in [9.17, 15) is 19.1 Å². The van der Waals surface area contributed by atoms with Crippen molar-refractivity contribution < 1.29 is 9.50 Å². The molecule has 3 aromatic rings. The Morgan fingerprint density at radius 2 is 1.94 bits per heavy atom. The van der Waals surface area contributed by atoms with E-state index in [-0.39, 0.29) is 27.9 Å². The van der Waals surface area contributed by atoms with Gasteiger partial charge in [0.05, 0.1) is 29.7 Å². The molecule has 2 heterocycles. The maximum absolute atomic E-state index is 14.5. The van der Waals surface area contributed by atoms with Crippen molar-refractivity contribution in [2.24, 2.45) is 12.5 Å². The van der Waals surface area contributed by atoms with Gasteiger partial charge in [-0.15, -0.1) is 0 Å². The van der Waals surface area contributed by atoms with Crippen LogP contribution in [-0.4, -0.2) is 19.5 Å². The minimum absolute atomic E-state index is 0.0472. The Labute approximate surface area is 197 Å². The van der Waals surface area contributed by atoms with Crippen molar-refractivity contribution in [3.05, 3.63) is 86.2 Å². The number of aromatic nitrogens is 3. The Bertz CT molecular complexity index is 1400. The number of nitrogen functional groups attached to an aromatic ring is 1. The molecule has 34 heavy (non-hydrogen) atoms. The van der Waals surface area contributed by atoms with Crippen molar-refractivity contribution >= 4 is 17.6 Å². The smallest absolute Gasteiger partial charge is 0.282 e.